The topological polar surface area (TPSA) is 32.8 Å². The fourth-order valence-electron chi connectivity index (χ4n) is 5.34. The molecule has 0 aromatic heterocycles. The van der Waals surface area contributed by atoms with Crippen molar-refractivity contribution < 1.29 is 9.53 Å². The summed E-state index contributed by atoms with van der Waals surface area (Å²) in [7, 11) is 0. The third kappa shape index (κ3) is 3.20. The summed E-state index contributed by atoms with van der Waals surface area (Å²) < 4.78 is 6.10. The van der Waals surface area contributed by atoms with Crippen LogP contribution in [0, 0.1) is 11.8 Å². The van der Waals surface area contributed by atoms with Gasteiger partial charge >= 0.3 is 6.09 Å². The number of hydrogen-bond donors (Lipinski definition) is 0. The van der Waals surface area contributed by atoms with Gasteiger partial charge in [0, 0.05) is 19.0 Å². The predicted octanol–water partition coefficient (Wildman–Crippen LogP) is 3.95. The molecule has 1 amide bonds. The van der Waals surface area contributed by atoms with Crippen LogP contribution in [0.5, 0.6) is 0 Å². The Morgan fingerprint density at radius 3 is 2.67 bits per heavy atom. The van der Waals surface area contributed by atoms with E-state index in [9.17, 15) is 4.79 Å². The average molecular weight is 364 g/mol. The van der Waals surface area contributed by atoms with E-state index in [2.05, 4.69) is 53.5 Å². The van der Waals surface area contributed by atoms with Gasteiger partial charge in [-0.1, -0.05) is 48.6 Å². The molecule has 0 spiro atoms. The molecular formula is C23H28N2O2. The fraction of sp³-hybridized carbons (Fsp3) is 0.522. The van der Waals surface area contributed by atoms with Gasteiger partial charge in [0.2, 0.25) is 0 Å². The van der Waals surface area contributed by atoms with Crippen molar-refractivity contribution in [3.63, 3.8) is 0 Å². The minimum Gasteiger partial charge on any atom is -0.444 e. The van der Waals surface area contributed by atoms with E-state index < -0.39 is 0 Å². The SMILES string of the molecule is O=C(O[C@H]1CN2CCC1CC2)N1CCc2ccccc2[C@@H]1C1C=CC=CC1. The predicted molar refractivity (Wildman–Crippen MR) is 105 cm³/mol. The molecule has 3 saturated heterocycles. The van der Waals surface area contributed by atoms with E-state index in [-0.39, 0.29) is 18.2 Å². The van der Waals surface area contributed by atoms with Crippen LogP contribution in [0.25, 0.3) is 0 Å². The Bertz CT molecular complexity index is 763. The number of piperidine rings is 3. The van der Waals surface area contributed by atoms with Crippen molar-refractivity contribution >= 4 is 6.09 Å². The van der Waals surface area contributed by atoms with Crippen LogP contribution >= 0.6 is 0 Å². The molecule has 1 unspecified atom stereocenters. The minimum absolute atomic E-state index is 0.0691. The van der Waals surface area contributed by atoms with Crippen molar-refractivity contribution in [3.05, 3.63) is 59.7 Å². The number of fused-ring (bicyclic) bond motifs is 4. The van der Waals surface area contributed by atoms with Gasteiger partial charge in [0.1, 0.15) is 6.10 Å². The van der Waals surface area contributed by atoms with E-state index in [1.807, 2.05) is 4.90 Å². The van der Waals surface area contributed by atoms with Crippen molar-refractivity contribution in [2.45, 2.75) is 37.8 Å². The summed E-state index contributed by atoms with van der Waals surface area (Å²) in [4.78, 5) is 17.7. The Morgan fingerprint density at radius 1 is 1.07 bits per heavy atom. The number of allylic oxidation sites excluding steroid dienone is 3. The van der Waals surface area contributed by atoms with Gasteiger partial charge in [-0.25, -0.2) is 4.79 Å². The molecule has 27 heavy (non-hydrogen) atoms. The summed E-state index contributed by atoms with van der Waals surface area (Å²) in [6.07, 6.45) is 12.8. The molecule has 142 valence electrons. The van der Waals surface area contributed by atoms with E-state index >= 15 is 0 Å². The van der Waals surface area contributed by atoms with Gasteiger partial charge in [-0.2, -0.15) is 0 Å². The second kappa shape index (κ2) is 7.16. The van der Waals surface area contributed by atoms with Crippen LogP contribution in [0.3, 0.4) is 0 Å². The van der Waals surface area contributed by atoms with E-state index in [1.165, 1.54) is 24.0 Å². The summed E-state index contributed by atoms with van der Waals surface area (Å²) in [5.74, 6) is 0.863. The number of carbonyl (C=O) groups is 1. The van der Waals surface area contributed by atoms with Crippen molar-refractivity contribution in [1.29, 1.82) is 0 Å². The highest BCUT2D eigenvalue weighted by atomic mass is 16.6. The second-order valence-electron chi connectivity index (χ2n) is 8.36. The largest absolute Gasteiger partial charge is 0.444 e. The number of nitrogens with zero attached hydrogens (tertiary/aromatic N) is 2. The normalized spacial score (nSPS) is 34.4. The Labute approximate surface area is 161 Å². The van der Waals surface area contributed by atoms with Crippen molar-refractivity contribution in [3.8, 4) is 0 Å². The minimum atomic E-state index is -0.115. The number of benzene rings is 1. The molecule has 6 rings (SSSR count). The molecule has 4 nitrogen and oxygen atoms in total. The Balaban J connectivity index is 1.39. The molecule has 1 aliphatic carbocycles. The number of carbonyl (C=O) groups excluding carboxylic acids is 1. The maximum Gasteiger partial charge on any atom is 0.410 e. The smallest absolute Gasteiger partial charge is 0.410 e. The van der Waals surface area contributed by atoms with Crippen LogP contribution in [0.4, 0.5) is 4.79 Å². The third-order valence-corrected chi connectivity index (χ3v) is 6.83. The van der Waals surface area contributed by atoms with E-state index in [0.717, 1.165) is 39.0 Å². The van der Waals surface area contributed by atoms with E-state index in [4.69, 9.17) is 4.74 Å². The molecule has 3 atom stereocenters. The van der Waals surface area contributed by atoms with Gasteiger partial charge in [-0.05, 0) is 55.8 Å². The van der Waals surface area contributed by atoms with Crippen LogP contribution < -0.4 is 0 Å². The summed E-state index contributed by atoms with van der Waals surface area (Å²) in [5, 5.41) is 0. The summed E-state index contributed by atoms with van der Waals surface area (Å²) in [6.45, 7) is 3.99. The quantitative estimate of drug-likeness (QED) is 0.797. The Kier molecular flexibility index (Phi) is 4.52. The lowest BCUT2D eigenvalue weighted by Gasteiger charge is -2.46. The molecule has 0 N–H and O–H groups in total. The zero-order valence-corrected chi connectivity index (χ0v) is 15.8. The highest BCUT2D eigenvalue weighted by Crippen LogP contribution is 2.39. The molecule has 1 aromatic carbocycles. The molecule has 4 aliphatic heterocycles. The highest BCUT2D eigenvalue weighted by molar-refractivity contribution is 5.69. The lowest BCUT2D eigenvalue weighted by molar-refractivity contribution is -0.0491. The van der Waals surface area contributed by atoms with Crippen molar-refractivity contribution in [2.24, 2.45) is 11.8 Å². The molecule has 0 saturated carbocycles. The number of ether oxygens (including phenoxy) is 1. The number of hydrogen-bond acceptors (Lipinski definition) is 3. The molecule has 3 fully saturated rings. The van der Waals surface area contributed by atoms with E-state index in [1.54, 1.807) is 0 Å². The zero-order chi connectivity index (χ0) is 18.2. The lowest BCUT2D eigenvalue weighted by atomic mass is 9.82. The van der Waals surface area contributed by atoms with Gasteiger partial charge in [0.25, 0.3) is 0 Å². The van der Waals surface area contributed by atoms with Gasteiger partial charge in [0.15, 0.2) is 0 Å². The fourth-order valence-corrected chi connectivity index (χ4v) is 5.34. The molecule has 4 heterocycles. The van der Waals surface area contributed by atoms with Gasteiger partial charge in [0.05, 0.1) is 6.04 Å². The van der Waals surface area contributed by atoms with Crippen LogP contribution in [0.1, 0.15) is 36.4 Å². The molecule has 5 aliphatic rings. The first-order chi connectivity index (χ1) is 13.3. The molecule has 0 radical (unpaired) electrons. The van der Waals surface area contributed by atoms with Crippen LogP contribution in [-0.2, 0) is 11.2 Å². The number of rotatable bonds is 2. The molecule has 1 aromatic rings. The molecular weight excluding hydrogens is 336 g/mol. The van der Waals surface area contributed by atoms with Crippen molar-refractivity contribution in [1.82, 2.24) is 9.80 Å². The van der Waals surface area contributed by atoms with Gasteiger partial charge in [-0.15, -0.1) is 0 Å². The summed E-state index contributed by atoms with van der Waals surface area (Å²) >= 11 is 0. The molecule has 2 bridgehead atoms. The van der Waals surface area contributed by atoms with E-state index in [0.29, 0.717) is 11.8 Å². The van der Waals surface area contributed by atoms with Crippen molar-refractivity contribution in [2.75, 3.05) is 26.2 Å². The van der Waals surface area contributed by atoms with Crippen LogP contribution in [0.15, 0.2) is 48.6 Å². The third-order valence-electron chi connectivity index (χ3n) is 6.83. The monoisotopic (exact) mass is 364 g/mol. The van der Waals surface area contributed by atoms with Gasteiger partial charge < -0.3 is 9.64 Å². The van der Waals surface area contributed by atoms with Crippen LogP contribution in [0.2, 0.25) is 0 Å². The lowest BCUT2D eigenvalue weighted by Crippen LogP contribution is -2.53. The standard InChI is InChI=1S/C23H28N2O2/c26-23(27-21-16-24-13-10-18(21)11-14-24)25-15-12-17-6-4-5-9-20(17)22(25)19-7-2-1-3-8-19/h1-7,9,18-19,21-22H,8,10-16H2/t19?,21-,22-/m0/s1. The Morgan fingerprint density at radius 2 is 1.93 bits per heavy atom. The first-order valence-electron chi connectivity index (χ1n) is 10.4. The first kappa shape index (κ1) is 17.1. The summed E-state index contributed by atoms with van der Waals surface area (Å²) in [5.41, 5.74) is 2.66. The van der Waals surface area contributed by atoms with Gasteiger partial charge in [-0.3, -0.25) is 4.90 Å². The average Bonchev–Trinajstić information content (AvgIpc) is 2.74. The number of amides is 1. The maximum atomic E-state index is 13.2. The highest BCUT2D eigenvalue weighted by Gasteiger charge is 2.40. The first-order valence-corrected chi connectivity index (χ1v) is 10.4. The Hall–Kier alpha value is -2.07. The molecule has 4 heteroatoms. The zero-order valence-electron chi connectivity index (χ0n) is 15.8. The summed E-state index contributed by atoms with van der Waals surface area (Å²) in [6, 6.07) is 8.68. The second-order valence-corrected chi connectivity index (χ2v) is 8.36. The van der Waals surface area contributed by atoms with Crippen LogP contribution in [-0.4, -0.2) is 48.2 Å². The maximum absolute atomic E-state index is 13.2.